The number of nitrogens with zero attached hydrogens (tertiary/aromatic N) is 2. The standard InChI is InChI=1S/C11H21N3O/c1-3-11(15)9-6-10(13-2)8-14(7-9)5-4-12/h9-11,13,15H,3,5-8H2,1-2H3. The molecule has 3 atom stereocenters. The van der Waals surface area contributed by atoms with Crippen molar-refractivity contribution >= 4 is 0 Å². The number of nitriles is 1. The van der Waals surface area contributed by atoms with Gasteiger partial charge >= 0.3 is 0 Å². The highest BCUT2D eigenvalue weighted by atomic mass is 16.3. The smallest absolute Gasteiger partial charge is 0.0866 e. The van der Waals surface area contributed by atoms with Crippen LogP contribution in [0.4, 0.5) is 0 Å². The molecule has 0 spiro atoms. The van der Waals surface area contributed by atoms with Gasteiger partial charge in [-0.2, -0.15) is 5.26 Å². The van der Waals surface area contributed by atoms with Crippen LogP contribution in [0.1, 0.15) is 19.8 Å². The molecule has 0 aliphatic carbocycles. The predicted molar refractivity (Wildman–Crippen MR) is 59.3 cm³/mol. The van der Waals surface area contributed by atoms with Gasteiger partial charge in [-0.25, -0.2) is 0 Å². The van der Waals surface area contributed by atoms with Crippen LogP contribution in [0.3, 0.4) is 0 Å². The Morgan fingerprint density at radius 3 is 2.87 bits per heavy atom. The summed E-state index contributed by atoms with van der Waals surface area (Å²) in [4.78, 5) is 2.12. The Balaban J connectivity index is 2.55. The van der Waals surface area contributed by atoms with E-state index in [2.05, 4.69) is 16.3 Å². The predicted octanol–water partition coefficient (Wildman–Crippen LogP) is 0.191. The van der Waals surface area contributed by atoms with Crippen molar-refractivity contribution in [2.75, 3.05) is 26.7 Å². The maximum absolute atomic E-state index is 9.84. The second kappa shape index (κ2) is 6.06. The fourth-order valence-corrected chi connectivity index (χ4v) is 2.28. The number of hydrogen-bond donors (Lipinski definition) is 2. The van der Waals surface area contributed by atoms with E-state index < -0.39 is 0 Å². The molecule has 1 aliphatic rings. The third-order valence-electron chi connectivity index (χ3n) is 3.22. The summed E-state index contributed by atoms with van der Waals surface area (Å²) in [6.07, 6.45) is 1.57. The van der Waals surface area contributed by atoms with Crippen molar-refractivity contribution in [2.45, 2.75) is 31.9 Å². The first kappa shape index (κ1) is 12.4. The van der Waals surface area contributed by atoms with E-state index >= 15 is 0 Å². The van der Waals surface area contributed by atoms with Gasteiger partial charge in [-0.05, 0) is 25.8 Å². The van der Waals surface area contributed by atoms with E-state index in [1.54, 1.807) is 0 Å². The van der Waals surface area contributed by atoms with Gasteiger partial charge in [0.1, 0.15) is 0 Å². The molecule has 86 valence electrons. The molecule has 0 aromatic carbocycles. The monoisotopic (exact) mass is 211 g/mol. The largest absolute Gasteiger partial charge is 0.393 e. The van der Waals surface area contributed by atoms with Gasteiger partial charge in [0.25, 0.3) is 0 Å². The average molecular weight is 211 g/mol. The van der Waals surface area contributed by atoms with Crippen LogP contribution in [0.15, 0.2) is 0 Å². The molecule has 0 radical (unpaired) electrons. The zero-order chi connectivity index (χ0) is 11.3. The molecule has 1 saturated heterocycles. The van der Waals surface area contributed by atoms with E-state index in [0.29, 0.717) is 18.5 Å². The molecule has 1 rings (SSSR count). The summed E-state index contributed by atoms with van der Waals surface area (Å²) in [6, 6.07) is 2.58. The number of rotatable bonds is 4. The Morgan fingerprint density at radius 1 is 1.60 bits per heavy atom. The topological polar surface area (TPSA) is 59.3 Å². The molecule has 2 N–H and O–H groups in total. The summed E-state index contributed by atoms with van der Waals surface area (Å²) in [5, 5.41) is 21.8. The van der Waals surface area contributed by atoms with E-state index in [0.717, 1.165) is 25.9 Å². The Kier molecular flexibility index (Phi) is 5.03. The molecule has 3 unspecified atom stereocenters. The lowest BCUT2D eigenvalue weighted by Gasteiger charge is -2.38. The van der Waals surface area contributed by atoms with E-state index in [1.165, 1.54) is 0 Å². The van der Waals surface area contributed by atoms with Crippen LogP contribution in [-0.2, 0) is 0 Å². The Bertz CT molecular complexity index is 226. The summed E-state index contributed by atoms with van der Waals surface area (Å²) in [5.41, 5.74) is 0. The number of likely N-dealkylation sites (N-methyl/N-ethyl adjacent to an activating group) is 1. The highest BCUT2D eigenvalue weighted by molar-refractivity contribution is 4.89. The van der Waals surface area contributed by atoms with E-state index in [9.17, 15) is 5.11 Å². The van der Waals surface area contributed by atoms with E-state index in [1.807, 2.05) is 14.0 Å². The van der Waals surface area contributed by atoms with Crippen LogP contribution in [0.25, 0.3) is 0 Å². The van der Waals surface area contributed by atoms with Crippen molar-refractivity contribution < 1.29 is 5.11 Å². The maximum atomic E-state index is 9.84. The van der Waals surface area contributed by atoms with Crippen molar-refractivity contribution in [2.24, 2.45) is 5.92 Å². The van der Waals surface area contributed by atoms with Gasteiger partial charge in [-0.1, -0.05) is 6.92 Å². The number of hydrogen-bond acceptors (Lipinski definition) is 4. The van der Waals surface area contributed by atoms with Crippen molar-refractivity contribution in [3.8, 4) is 6.07 Å². The summed E-state index contributed by atoms with van der Waals surface area (Å²) in [5.74, 6) is 0.301. The molecule has 1 heterocycles. The van der Waals surface area contributed by atoms with E-state index in [4.69, 9.17) is 5.26 Å². The van der Waals surface area contributed by atoms with Crippen LogP contribution in [0.2, 0.25) is 0 Å². The third-order valence-corrected chi connectivity index (χ3v) is 3.22. The first-order valence-corrected chi connectivity index (χ1v) is 5.65. The maximum Gasteiger partial charge on any atom is 0.0866 e. The third kappa shape index (κ3) is 3.45. The van der Waals surface area contributed by atoms with Crippen LogP contribution < -0.4 is 5.32 Å². The van der Waals surface area contributed by atoms with Gasteiger partial charge in [0.15, 0.2) is 0 Å². The number of nitrogens with one attached hydrogen (secondary N) is 1. The van der Waals surface area contributed by atoms with Crippen molar-refractivity contribution in [3.63, 3.8) is 0 Å². The zero-order valence-corrected chi connectivity index (χ0v) is 9.61. The van der Waals surface area contributed by atoms with Crippen molar-refractivity contribution in [1.82, 2.24) is 10.2 Å². The van der Waals surface area contributed by atoms with Crippen molar-refractivity contribution in [1.29, 1.82) is 5.26 Å². The molecule has 4 nitrogen and oxygen atoms in total. The minimum absolute atomic E-state index is 0.234. The minimum Gasteiger partial charge on any atom is -0.393 e. The number of likely N-dealkylation sites (tertiary alicyclic amines) is 1. The number of aliphatic hydroxyl groups is 1. The minimum atomic E-state index is -0.234. The molecular weight excluding hydrogens is 190 g/mol. The molecule has 0 bridgehead atoms. The van der Waals surface area contributed by atoms with Gasteiger partial charge in [-0.15, -0.1) is 0 Å². The molecule has 15 heavy (non-hydrogen) atoms. The van der Waals surface area contributed by atoms with Crippen LogP contribution >= 0.6 is 0 Å². The van der Waals surface area contributed by atoms with Gasteiger partial charge in [-0.3, -0.25) is 4.90 Å². The SMILES string of the molecule is CCC(O)C1CC(NC)CN(CC#N)C1. The summed E-state index contributed by atoms with van der Waals surface area (Å²) in [6.45, 7) is 4.23. The lowest BCUT2D eigenvalue weighted by molar-refractivity contribution is 0.0415. The van der Waals surface area contributed by atoms with Crippen molar-refractivity contribution in [3.05, 3.63) is 0 Å². The fourth-order valence-electron chi connectivity index (χ4n) is 2.28. The molecule has 0 amide bonds. The lowest BCUT2D eigenvalue weighted by atomic mass is 9.88. The number of aliphatic hydroxyl groups excluding tert-OH is 1. The Morgan fingerprint density at radius 2 is 2.33 bits per heavy atom. The first-order chi connectivity index (χ1) is 7.21. The van der Waals surface area contributed by atoms with Crippen LogP contribution in [0.5, 0.6) is 0 Å². The normalized spacial score (nSPS) is 29.7. The van der Waals surface area contributed by atoms with Gasteiger partial charge < -0.3 is 10.4 Å². The fraction of sp³-hybridized carbons (Fsp3) is 0.909. The highest BCUT2D eigenvalue weighted by Crippen LogP contribution is 2.21. The molecule has 1 aliphatic heterocycles. The Labute approximate surface area is 91.9 Å². The highest BCUT2D eigenvalue weighted by Gasteiger charge is 2.29. The van der Waals surface area contributed by atoms with E-state index in [-0.39, 0.29) is 6.10 Å². The molecule has 0 saturated carbocycles. The first-order valence-electron chi connectivity index (χ1n) is 5.65. The molecular formula is C11H21N3O. The molecule has 1 fully saturated rings. The molecule has 0 aromatic heterocycles. The quantitative estimate of drug-likeness (QED) is 0.652. The summed E-state index contributed by atoms with van der Waals surface area (Å²) < 4.78 is 0. The van der Waals surface area contributed by atoms with Crippen LogP contribution in [0, 0.1) is 17.2 Å². The second-order valence-corrected chi connectivity index (χ2v) is 4.31. The zero-order valence-electron chi connectivity index (χ0n) is 9.61. The van der Waals surface area contributed by atoms with Gasteiger partial charge in [0, 0.05) is 19.1 Å². The summed E-state index contributed by atoms with van der Waals surface area (Å²) >= 11 is 0. The average Bonchev–Trinajstić information content (AvgIpc) is 2.28. The molecule has 4 heteroatoms. The number of piperidine rings is 1. The second-order valence-electron chi connectivity index (χ2n) is 4.31. The summed E-state index contributed by atoms with van der Waals surface area (Å²) in [7, 11) is 1.94. The lowest BCUT2D eigenvalue weighted by Crippen LogP contribution is -2.50. The van der Waals surface area contributed by atoms with Crippen LogP contribution in [-0.4, -0.2) is 48.8 Å². The van der Waals surface area contributed by atoms with Gasteiger partial charge in [0.05, 0.1) is 18.7 Å². The van der Waals surface area contributed by atoms with Gasteiger partial charge in [0.2, 0.25) is 0 Å². The molecule has 0 aromatic rings. The Hall–Kier alpha value is -0.630.